The summed E-state index contributed by atoms with van der Waals surface area (Å²) in [5.41, 5.74) is 1.44. The molecule has 2 N–H and O–H groups in total. The van der Waals surface area contributed by atoms with Gasteiger partial charge in [0.25, 0.3) is 5.91 Å². The average molecular weight is 494 g/mol. The Kier molecular flexibility index (Phi) is 6.53. The van der Waals surface area contributed by atoms with Crippen molar-refractivity contribution in [3.8, 4) is 0 Å². The fourth-order valence-electron chi connectivity index (χ4n) is 3.78. The number of ether oxygens (including phenoxy) is 1. The Hall–Kier alpha value is -3.67. The molecule has 1 aliphatic heterocycles. The van der Waals surface area contributed by atoms with Gasteiger partial charge in [0.1, 0.15) is 12.4 Å². The quantitative estimate of drug-likeness (QED) is 0.420. The van der Waals surface area contributed by atoms with Crippen LogP contribution in [0.25, 0.3) is 11.2 Å². The molecule has 0 saturated carbocycles. The van der Waals surface area contributed by atoms with Gasteiger partial charge in [-0.25, -0.2) is 19.3 Å². The summed E-state index contributed by atoms with van der Waals surface area (Å²) in [5, 5.41) is 12.9. The summed E-state index contributed by atoms with van der Waals surface area (Å²) >= 11 is 0.954. The van der Waals surface area contributed by atoms with Crippen molar-refractivity contribution in [2.45, 2.75) is 24.6 Å². The number of hydrogen-bond acceptors (Lipinski definition) is 8. The summed E-state index contributed by atoms with van der Waals surface area (Å²) < 4.78 is 22.2. The van der Waals surface area contributed by atoms with Crippen molar-refractivity contribution in [1.29, 1.82) is 0 Å². The number of benzene rings is 2. The third kappa shape index (κ3) is 4.65. The minimum absolute atomic E-state index is 0.0752. The van der Waals surface area contributed by atoms with E-state index in [0.29, 0.717) is 11.1 Å². The Labute approximate surface area is 203 Å². The van der Waals surface area contributed by atoms with E-state index in [0.717, 1.165) is 11.8 Å². The number of alkyl halides is 1. The number of nitrogens with zero attached hydrogens (tertiary/aromatic N) is 4. The average Bonchev–Trinajstić information content (AvgIpc) is 3.45. The van der Waals surface area contributed by atoms with Gasteiger partial charge < -0.3 is 15.2 Å². The van der Waals surface area contributed by atoms with Gasteiger partial charge in [-0.3, -0.25) is 14.2 Å². The van der Waals surface area contributed by atoms with Crippen molar-refractivity contribution in [2.75, 3.05) is 11.1 Å². The van der Waals surface area contributed by atoms with E-state index in [4.69, 9.17) is 4.74 Å². The number of fused-ring (bicyclic) bond motifs is 1. The molecule has 9 nitrogen and oxygen atoms in total. The number of aliphatic hydroxyl groups is 1. The number of carbonyl (C=O) groups excluding carboxylic acids is 2. The summed E-state index contributed by atoms with van der Waals surface area (Å²) in [5.74, 6) is -0.139. The number of rotatable bonds is 6. The number of halogens is 1. The van der Waals surface area contributed by atoms with Gasteiger partial charge in [0.2, 0.25) is 5.12 Å². The van der Waals surface area contributed by atoms with Crippen LogP contribution in [-0.4, -0.2) is 59.8 Å². The number of aliphatic hydroxyl groups excluding tert-OH is 1. The minimum Gasteiger partial charge on any atom is -0.387 e. The first-order chi connectivity index (χ1) is 17.0. The van der Waals surface area contributed by atoms with Crippen LogP contribution in [0, 0.1) is 0 Å². The Morgan fingerprint density at radius 1 is 1.03 bits per heavy atom. The molecule has 5 rings (SSSR count). The zero-order chi connectivity index (χ0) is 24.4. The fraction of sp³-hybridized carbons (Fsp3) is 0.208. The Balaban J connectivity index is 1.32. The number of nitrogens with one attached hydrogen (secondary N) is 1. The molecule has 1 amide bonds. The Morgan fingerprint density at radius 2 is 1.71 bits per heavy atom. The van der Waals surface area contributed by atoms with E-state index >= 15 is 4.39 Å². The normalized spacial score (nSPS) is 21.8. The highest BCUT2D eigenvalue weighted by Crippen LogP contribution is 2.35. The second-order valence-electron chi connectivity index (χ2n) is 7.83. The van der Waals surface area contributed by atoms with Gasteiger partial charge in [0.05, 0.1) is 12.4 Å². The molecule has 0 aliphatic carbocycles. The molecular weight excluding hydrogens is 473 g/mol. The summed E-state index contributed by atoms with van der Waals surface area (Å²) in [4.78, 5) is 37.4. The van der Waals surface area contributed by atoms with Crippen LogP contribution in [0.4, 0.5) is 10.2 Å². The second kappa shape index (κ2) is 9.90. The SMILES string of the molecule is O=C(Nc1ncnc2c1ncn2[C@@H]1O[C@H](CSC(=O)c2ccccc2)[C@@H](O)[C@H]1F)c1ccccc1. The van der Waals surface area contributed by atoms with E-state index in [1.54, 1.807) is 60.7 Å². The van der Waals surface area contributed by atoms with Crippen LogP contribution >= 0.6 is 11.8 Å². The van der Waals surface area contributed by atoms with E-state index in [2.05, 4.69) is 20.3 Å². The molecule has 0 spiro atoms. The molecule has 4 aromatic rings. The van der Waals surface area contributed by atoms with Crippen molar-refractivity contribution in [3.05, 3.63) is 84.4 Å². The standard InChI is InChI=1S/C24H20FN5O4S/c25-17-19(31)16(11-35-24(33)15-9-5-2-6-10-15)34-23(17)30-13-28-18-20(26-12-27-21(18)30)29-22(32)14-7-3-1-4-8-14/h1-10,12-13,16-17,19,23,31H,11H2,(H,26,27,29,32)/t16-,17-,19-,23-/m1/s1. The molecule has 1 saturated heterocycles. The van der Waals surface area contributed by atoms with Gasteiger partial charge in [-0.05, 0) is 12.1 Å². The van der Waals surface area contributed by atoms with Crippen LogP contribution in [0.2, 0.25) is 0 Å². The lowest BCUT2D eigenvalue weighted by molar-refractivity contribution is -0.0116. The molecule has 4 atom stereocenters. The van der Waals surface area contributed by atoms with Crippen LogP contribution in [0.5, 0.6) is 0 Å². The van der Waals surface area contributed by atoms with Crippen molar-refractivity contribution >= 4 is 39.8 Å². The molecule has 1 aliphatic rings. The van der Waals surface area contributed by atoms with Crippen molar-refractivity contribution in [2.24, 2.45) is 0 Å². The van der Waals surface area contributed by atoms with Gasteiger partial charge in [-0.1, -0.05) is 60.3 Å². The van der Waals surface area contributed by atoms with Gasteiger partial charge >= 0.3 is 0 Å². The number of hydrogen-bond donors (Lipinski definition) is 2. The van der Waals surface area contributed by atoms with Crippen LogP contribution in [-0.2, 0) is 4.74 Å². The maximum Gasteiger partial charge on any atom is 0.256 e. The van der Waals surface area contributed by atoms with E-state index in [1.165, 1.54) is 17.2 Å². The number of imidazole rings is 1. The summed E-state index contributed by atoms with van der Waals surface area (Å²) in [7, 11) is 0. The monoisotopic (exact) mass is 493 g/mol. The maximum atomic E-state index is 15.1. The second-order valence-corrected chi connectivity index (χ2v) is 8.82. The van der Waals surface area contributed by atoms with Gasteiger partial charge in [-0.2, -0.15) is 0 Å². The van der Waals surface area contributed by atoms with Crippen LogP contribution < -0.4 is 5.32 Å². The highest BCUT2D eigenvalue weighted by atomic mass is 32.2. The van der Waals surface area contributed by atoms with Gasteiger partial charge in [0, 0.05) is 16.9 Å². The lowest BCUT2D eigenvalue weighted by Crippen LogP contribution is -2.30. The molecule has 35 heavy (non-hydrogen) atoms. The lowest BCUT2D eigenvalue weighted by Gasteiger charge is -2.15. The molecule has 178 valence electrons. The van der Waals surface area contributed by atoms with E-state index in [1.807, 2.05) is 0 Å². The van der Waals surface area contributed by atoms with E-state index in [-0.39, 0.29) is 33.8 Å². The highest BCUT2D eigenvalue weighted by Gasteiger charge is 2.46. The molecule has 3 heterocycles. The highest BCUT2D eigenvalue weighted by molar-refractivity contribution is 8.14. The summed E-state index contributed by atoms with van der Waals surface area (Å²) in [6, 6.07) is 17.3. The first-order valence-electron chi connectivity index (χ1n) is 10.8. The van der Waals surface area contributed by atoms with Crippen LogP contribution in [0.15, 0.2) is 73.3 Å². The minimum atomic E-state index is -1.78. The Morgan fingerprint density at radius 3 is 2.43 bits per heavy atom. The zero-order valence-corrected chi connectivity index (χ0v) is 19.0. The summed E-state index contributed by atoms with van der Waals surface area (Å²) in [6.45, 7) is 0. The molecule has 2 aromatic carbocycles. The third-order valence-electron chi connectivity index (χ3n) is 5.58. The van der Waals surface area contributed by atoms with Crippen molar-refractivity contribution < 1.29 is 23.8 Å². The largest absolute Gasteiger partial charge is 0.387 e. The molecule has 11 heteroatoms. The first-order valence-corrected chi connectivity index (χ1v) is 11.7. The van der Waals surface area contributed by atoms with Crippen molar-refractivity contribution in [3.63, 3.8) is 0 Å². The predicted molar refractivity (Wildman–Crippen MR) is 128 cm³/mol. The maximum absolute atomic E-state index is 15.1. The number of thioether (sulfide) groups is 1. The number of carbonyl (C=O) groups is 2. The first kappa shape index (κ1) is 23.1. The zero-order valence-electron chi connectivity index (χ0n) is 18.2. The van der Waals surface area contributed by atoms with Gasteiger partial charge in [-0.15, -0.1) is 0 Å². The molecule has 2 aromatic heterocycles. The summed E-state index contributed by atoms with van der Waals surface area (Å²) in [6.07, 6.45) is -2.78. The molecule has 0 radical (unpaired) electrons. The number of anilines is 1. The molecule has 1 fully saturated rings. The van der Waals surface area contributed by atoms with Crippen LogP contribution in [0.3, 0.4) is 0 Å². The van der Waals surface area contributed by atoms with Crippen molar-refractivity contribution in [1.82, 2.24) is 19.5 Å². The third-order valence-corrected chi connectivity index (χ3v) is 6.58. The number of aromatic nitrogens is 4. The predicted octanol–water partition coefficient (Wildman–Crippen LogP) is 3.25. The fourth-order valence-corrected chi connectivity index (χ4v) is 4.67. The van der Waals surface area contributed by atoms with Crippen LogP contribution in [0.1, 0.15) is 26.9 Å². The lowest BCUT2D eigenvalue weighted by atomic mass is 10.2. The molecular formula is C24H20FN5O4S. The molecule has 0 bridgehead atoms. The van der Waals surface area contributed by atoms with E-state index < -0.39 is 24.6 Å². The number of amides is 1. The molecule has 0 unspecified atom stereocenters. The topological polar surface area (TPSA) is 119 Å². The smallest absolute Gasteiger partial charge is 0.256 e. The van der Waals surface area contributed by atoms with E-state index in [9.17, 15) is 14.7 Å². The van der Waals surface area contributed by atoms with Gasteiger partial charge in [0.15, 0.2) is 29.4 Å². The Bertz CT molecular complexity index is 1350.